The molecule has 0 fully saturated rings. The Morgan fingerprint density at radius 3 is 2.63 bits per heavy atom. The lowest BCUT2D eigenvalue weighted by Crippen LogP contribution is -2.10. The number of hydrogen-bond donors (Lipinski definition) is 0. The number of rotatable bonds is 3. The standard InChI is InChI=1S/C15H16N4/c1-18(2)11-12-3-5-13(6-4-12)14-9-17-15-10-16-7-8-19(14)15/h3-10H,11H2,1-2H3. The van der Waals surface area contributed by atoms with E-state index in [0.717, 1.165) is 17.9 Å². The van der Waals surface area contributed by atoms with Gasteiger partial charge in [0.25, 0.3) is 0 Å². The lowest BCUT2D eigenvalue weighted by Gasteiger charge is -2.10. The van der Waals surface area contributed by atoms with Gasteiger partial charge in [0.15, 0.2) is 5.65 Å². The van der Waals surface area contributed by atoms with E-state index in [0.29, 0.717) is 0 Å². The Bertz CT molecular complexity index is 683. The predicted octanol–water partition coefficient (Wildman–Crippen LogP) is 2.46. The molecule has 0 aliphatic rings. The van der Waals surface area contributed by atoms with Gasteiger partial charge in [-0.05, 0) is 19.7 Å². The van der Waals surface area contributed by atoms with E-state index in [4.69, 9.17) is 0 Å². The van der Waals surface area contributed by atoms with E-state index in [1.807, 2.05) is 16.8 Å². The number of hydrogen-bond acceptors (Lipinski definition) is 3. The minimum Gasteiger partial charge on any atom is -0.305 e. The van der Waals surface area contributed by atoms with Crippen LogP contribution in [0.4, 0.5) is 0 Å². The van der Waals surface area contributed by atoms with Gasteiger partial charge in [-0.25, -0.2) is 4.98 Å². The highest BCUT2D eigenvalue weighted by atomic mass is 15.0. The molecule has 1 aromatic carbocycles. The largest absolute Gasteiger partial charge is 0.305 e. The molecule has 19 heavy (non-hydrogen) atoms. The molecule has 0 saturated carbocycles. The van der Waals surface area contributed by atoms with Crippen molar-refractivity contribution in [1.29, 1.82) is 0 Å². The van der Waals surface area contributed by atoms with Gasteiger partial charge < -0.3 is 4.90 Å². The summed E-state index contributed by atoms with van der Waals surface area (Å²) in [5.41, 5.74) is 4.44. The zero-order valence-corrected chi connectivity index (χ0v) is 11.1. The molecule has 0 atom stereocenters. The Labute approximate surface area is 112 Å². The van der Waals surface area contributed by atoms with Crippen LogP contribution in [0.5, 0.6) is 0 Å². The maximum Gasteiger partial charge on any atom is 0.155 e. The lowest BCUT2D eigenvalue weighted by atomic mass is 10.1. The van der Waals surface area contributed by atoms with Gasteiger partial charge in [0, 0.05) is 24.5 Å². The van der Waals surface area contributed by atoms with Crippen molar-refractivity contribution in [1.82, 2.24) is 19.3 Å². The summed E-state index contributed by atoms with van der Waals surface area (Å²) in [7, 11) is 4.15. The van der Waals surface area contributed by atoms with Gasteiger partial charge >= 0.3 is 0 Å². The SMILES string of the molecule is CN(C)Cc1ccc(-c2cnc3cnccn23)cc1. The maximum absolute atomic E-state index is 4.36. The van der Waals surface area contributed by atoms with E-state index in [-0.39, 0.29) is 0 Å². The van der Waals surface area contributed by atoms with E-state index in [2.05, 4.69) is 53.2 Å². The van der Waals surface area contributed by atoms with Crippen LogP contribution < -0.4 is 0 Å². The van der Waals surface area contributed by atoms with E-state index in [1.165, 1.54) is 11.1 Å². The molecule has 0 amide bonds. The fraction of sp³-hybridized carbons (Fsp3) is 0.200. The molecule has 0 radical (unpaired) electrons. The summed E-state index contributed by atoms with van der Waals surface area (Å²) in [5, 5.41) is 0. The molecule has 4 heteroatoms. The Morgan fingerprint density at radius 2 is 1.89 bits per heavy atom. The van der Waals surface area contributed by atoms with Crippen LogP contribution in [0.1, 0.15) is 5.56 Å². The van der Waals surface area contributed by atoms with Gasteiger partial charge in [0.1, 0.15) is 0 Å². The predicted molar refractivity (Wildman–Crippen MR) is 75.8 cm³/mol. The van der Waals surface area contributed by atoms with Gasteiger partial charge in [-0.1, -0.05) is 24.3 Å². The van der Waals surface area contributed by atoms with Crippen LogP contribution in [-0.2, 0) is 6.54 Å². The number of benzene rings is 1. The molecule has 3 rings (SSSR count). The lowest BCUT2D eigenvalue weighted by molar-refractivity contribution is 0.402. The summed E-state index contributed by atoms with van der Waals surface area (Å²) in [4.78, 5) is 10.6. The average Bonchev–Trinajstić information content (AvgIpc) is 2.83. The van der Waals surface area contributed by atoms with Gasteiger partial charge in [-0.3, -0.25) is 9.38 Å². The highest BCUT2D eigenvalue weighted by Gasteiger charge is 2.05. The average molecular weight is 252 g/mol. The van der Waals surface area contributed by atoms with E-state index >= 15 is 0 Å². The normalized spacial score (nSPS) is 11.3. The van der Waals surface area contributed by atoms with Gasteiger partial charge in [-0.15, -0.1) is 0 Å². The second-order valence-electron chi connectivity index (χ2n) is 4.88. The monoisotopic (exact) mass is 252 g/mol. The topological polar surface area (TPSA) is 33.4 Å². The Balaban J connectivity index is 1.98. The van der Waals surface area contributed by atoms with Crippen molar-refractivity contribution in [3.8, 4) is 11.3 Å². The van der Waals surface area contributed by atoms with E-state index < -0.39 is 0 Å². The molecular formula is C15H16N4. The Kier molecular flexibility index (Phi) is 3.01. The fourth-order valence-electron chi connectivity index (χ4n) is 2.20. The molecule has 0 aliphatic heterocycles. The molecule has 0 unspecified atom stereocenters. The summed E-state index contributed by atoms with van der Waals surface area (Å²) >= 11 is 0. The molecule has 0 saturated heterocycles. The zero-order chi connectivity index (χ0) is 13.2. The van der Waals surface area contributed by atoms with Crippen molar-refractivity contribution < 1.29 is 0 Å². The van der Waals surface area contributed by atoms with Crippen LogP contribution >= 0.6 is 0 Å². The molecule has 96 valence electrons. The number of imidazole rings is 1. The summed E-state index contributed by atoms with van der Waals surface area (Å²) in [6.07, 6.45) is 7.37. The smallest absolute Gasteiger partial charge is 0.155 e. The first-order valence-corrected chi connectivity index (χ1v) is 6.25. The molecule has 2 heterocycles. The minimum absolute atomic E-state index is 0.870. The van der Waals surface area contributed by atoms with Gasteiger partial charge in [-0.2, -0.15) is 0 Å². The first-order valence-electron chi connectivity index (χ1n) is 6.25. The third-order valence-electron chi connectivity index (χ3n) is 3.07. The van der Waals surface area contributed by atoms with Crippen LogP contribution in [-0.4, -0.2) is 33.4 Å². The highest BCUT2D eigenvalue weighted by Crippen LogP contribution is 2.21. The van der Waals surface area contributed by atoms with Crippen molar-refractivity contribution in [3.63, 3.8) is 0 Å². The van der Waals surface area contributed by atoms with Crippen LogP contribution in [0.3, 0.4) is 0 Å². The quantitative estimate of drug-likeness (QED) is 0.718. The second kappa shape index (κ2) is 4.82. The fourth-order valence-corrected chi connectivity index (χ4v) is 2.20. The minimum atomic E-state index is 0.870. The van der Waals surface area contributed by atoms with Crippen LogP contribution in [0, 0.1) is 0 Å². The van der Waals surface area contributed by atoms with Crippen molar-refractivity contribution in [3.05, 3.63) is 54.6 Å². The van der Waals surface area contributed by atoms with E-state index in [1.54, 1.807) is 12.4 Å². The van der Waals surface area contributed by atoms with Gasteiger partial charge in [0.2, 0.25) is 0 Å². The molecule has 0 spiro atoms. The molecule has 3 aromatic rings. The van der Waals surface area contributed by atoms with Crippen molar-refractivity contribution in [2.24, 2.45) is 0 Å². The number of aromatic nitrogens is 3. The summed E-state index contributed by atoms with van der Waals surface area (Å²) in [6.45, 7) is 0.956. The first kappa shape index (κ1) is 11.9. The zero-order valence-electron chi connectivity index (χ0n) is 11.1. The molecule has 0 N–H and O–H groups in total. The van der Waals surface area contributed by atoms with Crippen LogP contribution in [0.25, 0.3) is 16.9 Å². The number of fused-ring (bicyclic) bond motifs is 1. The van der Waals surface area contributed by atoms with Crippen molar-refractivity contribution in [2.45, 2.75) is 6.54 Å². The van der Waals surface area contributed by atoms with Crippen LogP contribution in [0.2, 0.25) is 0 Å². The van der Waals surface area contributed by atoms with Crippen molar-refractivity contribution >= 4 is 5.65 Å². The van der Waals surface area contributed by atoms with E-state index in [9.17, 15) is 0 Å². The molecular weight excluding hydrogens is 236 g/mol. The molecule has 2 aromatic heterocycles. The van der Waals surface area contributed by atoms with Crippen molar-refractivity contribution in [2.75, 3.05) is 14.1 Å². The van der Waals surface area contributed by atoms with Gasteiger partial charge in [0.05, 0.1) is 18.1 Å². The summed E-state index contributed by atoms with van der Waals surface area (Å²) in [5.74, 6) is 0. The summed E-state index contributed by atoms with van der Waals surface area (Å²) < 4.78 is 2.05. The number of nitrogens with zero attached hydrogens (tertiary/aromatic N) is 4. The first-order chi connectivity index (χ1) is 9.24. The second-order valence-corrected chi connectivity index (χ2v) is 4.88. The maximum atomic E-state index is 4.36. The Morgan fingerprint density at radius 1 is 1.11 bits per heavy atom. The molecule has 0 aliphatic carbocycles. The highest BCUT2D eigenvalue weighted by molar-refractivity contribution is 5.63. The van der Waals surface area contributed by atoms with Crippen LogP contribution in [0.15, 0.2) is 49.1 Å². The molecule has 4 nitrogen and oxygen atoms in total. The Hall–Kier alpha value is -2.20. The molecule has 0 bridgehead atoms. The third-order valence-corrected chi connectivity index (χ3v) is 3.07. The third kappa shape index (κ3) is 2.35. The summed E-state index contributed by atoms with van der Waals surface area (Å²) in [6, 6.07) is 8.61.